The molecule has 2 aromatic carbocycles. The first-order valence-electron chi connectivity index (χ1n) is 8.95. The van der Waals surface area contributed by atoms with Crippen LogP contribution >= 0.6 is 27.7 Å². The van der Waals surface area contributed by atoms with Gasteiger partial charge in [-0.15, -0.1) is 0 Å². The molecule has 9 heteroatoms. The molecule has 3 rings (SSSR count). The van der Waals surface area contributed by atoms with E-state index in [-0.39, 0.29) is 23.9 Å². The lowest BCUT2D eigenvalue weighted by Gasteiger charge is -2.12. The zero-order valence-corrected chi connectivity index (χ0v) is 18.3. The maximum Gasteiger partial charge on any atom is 0.326 e. The predicted molar refractivity (Wildman–Crippen MR) is 114 cm³/mol. The number of benzene rings is 2. The van der Waals surface area contributed by atoms with Crippen molar-refractivity contribution in [1.29, 1.82) is 0 Å². The van der Waals surface area contributed by atoms with Crippen molar-refractivity contribution in [3.8, 4) is 5.75 Å². The number of esters is 1. The van der Waals surface area contributed by atoms with Crippen LogP contribution in [-0.2, 0) is 20.9 Å². The van der Waals surface area contributed by atoms with E-state index in [0.717, 1.165) is 21.1 Å². The number of rotatable bonds is 7. The Morgan fingerprint density at radius 3 is 2.73 bits per heavy atom. The summed E-state index contributed by atoms with van der Waals surface area (Å²) in [5.74, 6) is -1.20. The molecule has 0 aliphatic carbocycles. The maximum atomic E-state index is 13.9. The summed E-state index contributed by atoms with van der Waals surface area (Å²) in [6.07, 6.45) is 1.51. The van der Waals surface area contributed by atoms with Crippen LogP contribution in [0.3, 0.4) is 0 Å². The maximum absolute atomic E-state index is 13.9. The van der Waals surface area contributed by atoms with Crippen molar-refractivity contribution in [2.45, 2.75) is 13.5 Å². The first-order chi connectivity index (χ1) is 14.4. The lowest BCUT2D eigenvalue weighted by atomic mass is 10.1. The summed E-state index contributed by atoms with van der Waals surface area (Å²) in [6, 6.07) is 11.4. The molecule has 0 saturated carbocycles. The van der Waals surface area contributed by atoms with Gasteiger partial charge in [0, 0.05) is 15.6 Å². The molecule has 6 nitrogen and oxygen atoms in total. The molecule has 1 saturated heterocycles. The second-order valence-corrected chi connectivity index (χ2v) is 8.04. The molecule has 0 N–H and O–H groups in total. The third-order valence-electron chi connectivity index (χ3n) is 4.07. The second kappa shape index (κ2) is 9.90. The summed E-state index contributed by atoms with van der Waals surface area (Å²) in [6.45, 7) is 1.36. The fourth-order valence-corrected chi connectivity index (χ4v) is 3.86. The van der Waals surface area contributed by atoms with Crippen molar-refractivity contribution in [3.05, 3.63) is 68.8 Å². The Labute approximate surface area is 185 Å². The first-order valence-corrected chi connectivity index (χ1v) is 10.6. The Morgan fingerprint density at radius 2 is 2.00 bits per heavy atom. The molecule has 1 aliphatic rings. The zero-order valence-electron chi connectivity index (χ0n) is 15.9. The van der Waals surface area contributed by atoms with Crippen LogP contribution < -0.4 is 4.74 Å². The van der Waals surface area contributed by atoms with Gasteiger partial charge in [0.15, 0.2) is 0 Å². The normalized spacial score (nSPS) is 15.0. The zero-order chi connectivity index (χ0) is 21.7. The minimum Gasteiger partial charge on any atom is -0.488 e. The second-order valence-electron chi connectivity index (χ2n) is 6.14. The van der Waals surface area contributed by atoms with Crippen LogP contribution in [-0.4, -0.2) is 35.2 Å². The number of amides is 2. The van der Waals surface area contributed by atoms with Crippen LogP contribution in [0.1, 0.15) is 18.1 Å². The number of carbonyl (C=O) groups excluding carboxylic acids is 3. The molecule has 1 aliphatic heterocycles. The monoisotopic (exact) mass is 493 g/mol. The lowest BCUT2D eigenvalue weighted by Crippen LogP contribution is -2.34. The summed E-state index contributed by atoms with van der Waals surface area (Å²) in [5.41, 5.74) is 0.920. The van der Waals surface area contributed by atoms with E-state index in [1.807, 2.05) is 0 Å². The van der Waals surface area contributed by atoms with E-state index in [0.29, 0.717) is 16.9 Å². The number of imide groups is 1. The van der Waals surface area contributed by atoms with Crippen molar-refractivity contribution in [3.63, 3.8) is 0 Å². The van der Waals surface area contributed by atoms with Gasteiger partial charge in [-0.2, -0.15) is 0 Å². The highest BCUT2D eigenvalue weighted by Crippen LogP contribution is 2.35. The van der Waals surface area contributed by atoms with Crippen LogP contribution in [0.2, 0.25) is 0 Å². The largest absolute Gasteiger partial charge is 0.488 e. The average molecular weight is 494 g/mol. The molecular formula is C21H17BrFNO5S. The summed E-state index contributed by atoms with van der Waals surface area (Å²) in [7, 11) is 0. The fourth-order valence-electron chi connectivity index (χ4n) is 2.65. The Morgan fingerprint density at radius 1 is 1.23 bits per heavy atom. The minimum atomic E-state index is -0.655. The molecule has 156 valence electrons. The SMILES string of the molecule is CCOC(=O)CN1C(=O)SC(=Cc2cc(Br)ccc2OCc2ccccc2F)C1=O. The number of hydrogen-bond acceptors (Lipinski definition) is 6. The van der Waals surface area contributed by atoms with Crippen LogP contribution in [0.15, 0.2) is 51.8 Å². The van der Waals surface area contributed by atoms with E-state index in [1.165, 1.54) is 12.1 Å². The molecule has 0 radical (unpaired) electrons. The van der Waals surface area contributed by atoms with Gasteiger partial charge in [-0.1, -0.05) is 34.1 Å². The number of hydrogen-bond donors (Lipinski definition) is 0. The lowest BCUT2D eigenvalue weighted by molar-refractivity contribution is -0.145. The van der Waals surface area contributed by atoms with Crippen LogP contribution in [0.5, 0.6) is 5.75 Å². The van der Waals surface area contributed by atoms with E-state index >= 15 is 0 Å². The Bertz CT molecular complexity index is 1030. The van der Waals surface area contributed by atoms with Gasteiger partial charge >= 0.3 is 5.97 Å². The van der Waals surface area contributed by atoms with E-state index in [4.69, 9.17) is 9.47 Å². The molecule has 0 atom stereocenters. The molecule has 0 aromatic heterocycles. The highest BCUT2D eigenvalue weighted by atomic mass is 79.9. The summed E-state index contributed by atoms with van der Waals surface area (Å²) in [4.78, 5) is 37.4. The molecule has 0 bridgehead atoms. The third kappa shape index (κ3) is 5.28. The highest BCUT2D eigenvalue weighted by molar-refractivity contribution is 9.10. The number of ether oxygens (including phenoxy) is 2. The topological polar surface area (TPSA) is 72.9 Å². The summed E-state index contributed by atoms with van der Waals surface area (Å²) >= 11 is 4.10. The number of thioether (sulfide) groups is 1. The van der Waals surface area contributed by atoms with Gasteiger partial charge in [-0.3, -0.25) is 19.3 Å². The third-order valence-corrected chi connectivity index (χ3v) is 5.47. The van der Waals surface area contributed by atoms with Crippen molar-refractivity contribution in [1.82, 2.24) is 4.90 Å². The fraction of sp³-hybridized carbons (Fsp3) is 0.190. The molecule has 0 unspecified atom stereocenters. The van der Waals surface area contributed by atoms with Gasteiger partial charge in [0.25, 0.3) is 11.1 Å². The van der Waals surface area contributed by atoms with Gasteiger partial charge in [-0.05, 0) is 49.0 Å². The van der Waals surface area contributed by atoms with E-state index < -0.39 is 23.7 Å². The van der Waals surface area contributed by atoms with E-state index in [2.05, 4.69) is 15.9 Å². The molecule has 30 heavy (non-hydrogen) atoms. The van der Waals surface area contributed by atoms with Gasteiger partial charge in [-0.25, -0.2) is 4.39 Å². The highest BCUT2D eigenvalue weighted by Gasteiger charge is 2.36. The van der Waals surface area contributed by atoms with Crippen LogP contribution in [0.4, 0.5) is 9.18 Å². The number of carbonyl (C=O) groups is 3. The number of halogens is 2. The van der Waals surface area contributed by atoms with Crippen LogP contribution in [0.25, 0.3) is 6.08 Å². The summed E-state index contributed by atoms with van der Waals surface area (Å²) < 4.78 is 25.1. The van der Waals surface area contributed by atoms with Crippen molar-refractivity contribution in [2.24, 2.45) is 0 Å². The molecule has 1 heterocycles. The molecule has 1 fully saturated rings. The Kier molecular flexibility index (Phi) is 7.28. The summed E-state index contributed by atoms with van der Waals surface area (Å²) in [5, 5.41) is -0.553. The quantitative estimate of drug-likeness (QED) is 0.408. The van der Waals surface area contributed by atoms with Gasteiger partial charge in [0.2, 0.25) is 0 Å². The molecule has 2 aromatic rings. The minimum absolute atomic E-state index is 0.000514. The Balaban J connectivity index is 1.81. The molecule has 2 amide bonds. The van der Waals surface area contributed by atoms with Crippen molar-refractivity contribution < 1.29 is 28.2 Å². The van der Waals surface area contributed by atoms with Gasteiger partial charge < -0.3 is 9.47 Å². The first kappa shape index (κ1) is 22.0. The molecule has 0 spiro atoms. The Hall–Kier alpha value is -2.65. The average Bonchev–Trinajstić information content (AvgIpc) is 2.96. The molecular weight excluding hydrogens is 477 g/mol. The number of nitrogens with zero attached hydrogens (tertiary/aromatic N) is 1. The van der Waals surface area contributed by atoms with Crippen molar-refractivity contribution >= 4 is 50.9 Å². The standard InChI is InChI=1S/C21H17BrFNO5S/c1-2-28-19(25)11-24-20(26)18(30-21(24)27)10-14-9-15(22)7-8-17(14)29-12-13-5-3-4-6-16(13)23/h3-10H,2,11-12H2,1H3. The van der Waals surface area contributed by atoms with Gasteiger partial charge in [0.05, 0.1) is 11.5 Å². The van der Waals surface area contributed by atoms with Crippen LogP contribution in [0, 0.1) is 5.82 Å². The van der Waals surface area contributed by atoms with E-state index in [9.17, 15) is 18.8 Å². The van der Waals surface area contributed by atoms with Crippen molar-refractivity contribution in [2.75, 3.05) is 13.2 Å². The van der Waals surface area contributed by atoms with Gasteiger partial charge in [0.1, 0.15) is 24.7 Å². The smallest absolute Gasteiger partial charge is 0.326 e. The predicted octanol–water partition coefficient (Wildman–Crippen LogP) is 4.77. The van der Waals surface area contributed by atoms with E-state index in [1.54, 1.807) is 43.3 Å².